The van der Waals surface area contributed by atoms with Crippen LogP contribution in [0.4, 0.5) is 5.69 Å². The molecule has 1 rings (SSSR count). The molecule has 1 aromatic carbocycles. The monoisotopic (exact) mass is 257 g/mol. The van der Waals surface area contributed by atoms with E-state index >= 15 is 0 Å². The number of benzene rings is 1. The standard InChI is InChI=1S/C12H16ClNO3/c1-14(6-3-7-17-2)9-4-5-10(12(15)16)11(13)8-9/h4-5,8H,3,6-7H2,1-2H3,(H,15,16). The van der Waals surface area contributed by atoms with Crippen molar-refractivity contribution in [3.05, 3.63) is 28.8 Å². The van der Waals surface area contributed by atoms with E-state index < -0.39 is 5.97 Å². The second-order valence-electron chi connectivity index (χ2n) is 3.74. The Labute approximate surface area is 106 Å². The Hall–Kier alpha value is -1.26. The third-order valence-electron chi connectivity index (χ3n) is 2.47. The molecule has 94 valence electrons. The first-order valence-electron chi connectivity index (χ1n) is 5.29. The van der Waals surface area contributed by atoms with Crippen molar-refractivity contribution in [2.45, 2.75) is 6.42 Å². The number of carboxylic acids is 1. The van der Waals surface area contributed by atoms with Gasteiger partial charge in [0.15, 0.2) is 0 Å². The van der Waals surface area contributed by atoms with Gasteiger partial charge in [0.05, 0.1) is 10.6 Å². The van der Waals surface area contributed by atoms with Crippen LogP contribution in [-0.2, 0) is 4.74 Å². The fraction of sp³-hybridized carbons (Fsp3) is 0.417. The fourth-order valence-corrected chi connectivity index (χ4v) is 1.75. The van der Waals surface area contributed by atoms with Gasteiger partial charge in [-0.15, -0.1) is 0 Å². The average molecular weight is 258 g/mol. The van der Waals surface area contributed by atoms with E-state index in [0.29, 0.717) is 6.61 Å². The molecule has 0 aliphatic heterocycles. The van der Waals surface area contributed by atoms with Crippen LogP contribution in [0.5, 0.6) is 0 Å². The molecule has 5 heteroatoms. The van der Waals surface area contributed by atoms with Gasteiger partial charge in [-0.3, -0.25) is 0 Å². The summed E-state index contributed by atoms with van der Waals surface area (Å²) in [6, 6.07) is 4.94. The lowest BCUT2D eigenvalue weighted by molar-refractivity contribution is 0.0697. The van der Waals surface area contributed by atoms with Crippen LogP contribution in [0, 0.1) is 0 Å². The Bertz CT molecular complexity index is 395. The minimum atomic E-state index is -1.01. The van der Waals surface area contributed by atoms with Crippen molar-refractivity contribution < 1.29 is 14.6 Å². The first kappa shape index (κ1) is 13.8. The van der Waals surface area contributed by atoms with E-state index in [1.807, 2.05) is 11.9 Å². The highest BCUT2D eigenvalue weighted by Gasteiger charge is 2.10. The van der Waals surface area contributed by atoms with Crippen LogP contribution in [0.25, 0.3) is 0 Å². The molecule has 0 saturated carbocycles. The molecule has 0 bridgehead atoms. The van der Waals surface area contributed by atoms with Crippen LogP contribution in [0.3, 0.4) is 0 Å². The molecule has 0 aromatic heterocycles. The summed E-state index contributed by atoms with van der Waals surface area (Å²) in [6.45, 7) is 1.53. The number of hydrogen-bond acceptors (Lipinski definition) is 3. The number of hydrogen-bond donors (Lipinski definition) is 1. The minimum Gasteiger partial charge on any atom is -0.478 e. The van der Waals surface area contributed by atoms with E-state index in [9.17, 15) is 4.79 Å². The average Bonchev–Trinajstić information content (AvgIpc) is 2.28. The van der Waals surface area contributed by atoms with Gasteiger partial charge in [0.1, 0.15) is 0 Å². The molecule has 0 unspecified atom stereocenters. The second-order valence-corrected chi connectivity index (χ2v) is 4.14. The maximum Gasteiger partial charge on any atom is 0.337 e. The van der Waals surface area contributed by atoms with Crippen molar-refractivity contribution in [1.82, 2.24) is 0 Å². The summed E-state index contributed by atoms with van der Waals surface area (Å²) < 4.78 is 4.97. The van der Waals surface area contributed by atoms with Gasteiger partial charge >= 0.3 is 5.97 Å². The largest absolute Gasteiger partial charge is 0.478 e. The number of anilines is 1. The molecule has 0 aliphatic carbocycles. The highest BCUT2D eigenvalue weighted by Crippen LogP contribution is 2.23. The molecule has 1 aromatic rings. The van der Waals surface area contributed by atoms with Crippen LogP contribution in [0.2, 0.25) is 5.02 Å². The van der Waals surface area contributed by atoms with Crippen molar-refractivity contribution in [3.63, 3.8) is 0 Å². The lowest BCUT2D eigenvalue weighted by atomic mass is 10.2. The Morgan fingerprint density at radius 2 is 2.24 bits per heavy atom. The van der Waals surface area contributed by atoms with Crippen molar-refractivity contribution in [3.8, 4) is 0 Å². The van der Waals surface area contributed by atoms with Gasteiger partial charge in [0.2, 0.25) is 0 Å². The Morgan fingerprint density at radius 1 is 1.53 bits per heavy atom. The van der Waals surface area contributed by atoms with E-state index in [2.05, 4.69) is 0 Å². The van der Waals surface area contributed by atoms with Gasteiger partial charge in [0.25, 0.3) is 0 Å². The molecule has 0 spiro atoms. The molecule has 4 nitrogen and oxygen atoms in total. The summed E-state index contributed by atoms with van der Waals surface area (Å²) in [5, 5.41) is 9.11. The number of carboxylic acid groups (broad SMARTS) is 1. The molecule has 0 saturated heterocycles. The van der Waals surface area contributed by atoms with Crippen molar-refractivity contribution in [2.24, 2.45) is 0 Å². The predicted octanol–water partition coefficient (Wildman–Crippen LogP) is 2.51. The van der Waals surface area contributed by atoms with Gasteiger partial charge in [-0.05, 0) is 24.6 Å². The number of methoxy groups -OCH3 is 1. The van der Waals surface area contributed by atoms with Crippen LogP contribution in [-0.4, -0.2) is 38.4 Å². The quantitative estimate of drug-likeness (QED) is 0.796. The van der Waals surface area contributed by atoms with Gasteiger partial charge in [0, 0.05) is 33.0 Å². The van der Waals surface area contributed by atoms with E-state index in [0.717, 1.165) is 18.7 Å². The molecule has 0 aliphatic rings. The van der Waals surface area contributed by atoms with E-state index in [-0.39, 0.29) is 10.6 Å². The van der Waals surface area contributed by atoms with Crippen LogP contribution >= 0.6 is 11.6 Å². The highest BCUT2D eigenvalue weighted by atomic mass is 35.5. The third kappa shape index (κ3) is 3.91. The third-order valence-corrected chi connectivity index (χ3v) is 2.78. The van der Waals surface area contributed by atoms with Crippen molar-refractivity contribution >= 4 is 23.3 Å². The smallest absolute Gasteiger partial charge is 0.337 e. The summed E-state index contributed by atoms with van der Waals surface area (Å²) >= 11 is 5.90. The topological polar surface area (TPSA) is 49.8 Å². The first-order valence-corrected chi connectivity index (χ1v) is 5.67. The van der Waals surface area contributed by atoms with Crippen LogP contribution in [0.1, 0.15) is 16.8 Å². The summed E-state index contributed by atoms with van der Waals surface area (Å²) in [5.41, 5.74) is 1.02. The predicted molar refractivity (Wildman–Crippen MR) is 68.2 cm³/mol. The molecule has 0 heterocycles. The van der Waals surface area contributed by atoms with Crippen molar-refractivity contribution in [1.29, 1.82) is 0 Å². The maximum atomic E-state index is 10.8. The van der Waals surface area contributed by atoms with Gasteiger partial charge < -0.3 is 14.7 Å². The fourth-order valence-electron chi connectivity index (χ4n) is 1.49. The van der Waals surface area contributed by atoms with Crippen LogP contribution < -0.4 is 4.90 Å². The summed E-state index contributed by atoms with van der Waals surface area (Å²) in [5.74, 6) is -1.01. The molecule has 0 amide bonds. The van der Waals surface area contributed by atoms with Crippen LogP contribution in [0.15, 0.2) is 18.2 Å². The zero-order chi connectivity index (χ0) is 12.8. The van der Waals surface area contributed by atoms with Crippen molar-refractivity contribution in [2.75, 3.05) is 32.2 Å². The second kappa shape index (κ2) is 6.47. The summed E-state index contributed by atoms with van der Waals surface area (Å²) in [7, 11) is 3.60. The Morgan fingerprint density at radius 3 is 2.76 bits per heavy atom. The summed E-state index contributed by atoms with van der Waals surface area (Å²) in [4.78, 5) is 12.8. The normalized spacial score (nSPS) is 10.3. The number of ether oxygens (including phenoxy) is 1. The number of halogens is 1. The molecule has 0 radical (unpaired) electrons. The van der Waals surface area contributed by atoms with E-state index in [1.165, 1.54) is 6.07 Å². The molecule has 0 atom stereocenters. The molecule has 0 fully saturated rings. The number of rotatable bonds is 6. The number of carbonyl (C=O) groups is 1. The minimum absolute atomic E-state index is 0.126. The first-order chi connectivity index (χ1) is 8.06. The zero-order valence-corrected chi connectivity index (χ0v) is 10.7. The molecule has 1 N–H and O–H groups in total. The lowest BCUT2D eigenvalue weighted by Crippen LogP contribution is -2.19. The Kier molecular flexibility index (Phi) is 5.25. The zero-order valence-electron chi connectivity index (χ0n) is 9.94. The number of nitrogens with zero attached hydrogens (tertiary/aromatic N) is 1. The van der Waals surface area contributed by atoms with Gasteiger partial charge in [-0.1, -0.05) is 11.6 Å². The molecule has 17 heavy (non-hydrogen) atoms. The lowest BCUT2D eigenvalue weighted by Gasteiger charge is -2.19. The summed E-state index contributed by atoms with van der Waals surface area (Å²) in [6.07, 6.45) is 0.908. The van der Waals surface area contributed by atoms with E-state index in [1.54, 1.807) is 19.2 Å². The molecular weight excluding hydrogens is 242 g/mol. The number of aromatic carboxylic acids is 1. The Balaban J connectivity index is 2.72. The molecular formula is C12H16ClNO3. The highest BCUT2D eigenvalue weighted by molar-refractivity contribution is 6.33. The maximum absolute atomic E-state index is 10.8. The van der Waals surface area contributed by atoms with Gasteiger partial charge in [-0.25, -0.2) is 4.79 Å². The van der Waals surface area contributed by atoms with Gasteiger partial charge in [-0.2, -0.15) is 0 Å². The SMILES string of the molecule is COCCCN(C)c1ccc(C(=O)O)c(Cl)c1. The van der Waals surface area contributed by atoms with E-state index in [4.69, 9.17) is 21.4 Å².